The third-order valence-corrected chi connectivity index (χ3v) is 9.61. The zero-order valence-electron chi connectivity index (χ0n) is 20.7. The van der Waals surface area contributed by atoms with Gasteiger partial charge in [0, 0.05) is 10.6 Å². The van der Waals surface area contributed by atoms with Gasteiger partial charge >= 0.3 is 0 Å². The van der Waals surface area contributed by atoms with E-state index in [1.165, 1.54) is 54.2 Å². The van der Waals surface area contributed by atoms with Gasteiger partial charge in [0.2, 0.25) is 0 Å². The number of likely N-dealkylation sites (tertiary alicyclic amines) is 1. The van der Waals surface area contributed by atoms with Gasteiger partial charge in [-0.1, -0.05) is 67.8 Å². The highest BCUT2D eigenvalue weighted by atomic mass is 32.1. The van der Waals surface area contributed by atoms with Gasteiger partial charge < -0.3 is 4.90 Å². The minimum absolute atomic E-state index is 0.249. The van der Waals surface area contributed by atoms with Gasteiger partial charge in [-0.3, -0.25) is 4.79 Å². The molecular formula is C31H39NOS. The number of ketones is 1. The second-order valence-electron chi connectivity index (χ2n) is 10.8. The summed E-state index contributed by atoms with van der Waals surface area (Å²) in [6.45, 7) is 5.53. The average molecular weight is 474 g/mol. The molecule has 2 aliphatic rings. The van der Waals surface area contributed by atoms with Gasteiger partial charge in [-0.05, 0) is 99.0 Å². The SMILES string of the molecule is CC(CCN1CCCC(c2cccc3ccsc23)CC1)(C(=O)C1CCCCC1)c1ccccc1. The minimum atomic E-state index is -0.377. The molecule has 2 fully saturated rings. The maximum absolute atomic E-state index is 13.9. The van der Waals surface area contributed by atoms with Crippen LogP contribution in [0, 0.1) is 5.92 Å². The van der Waals surface area contributed by atoms with Crippen molar-refractivity contribution < 1.29 is 4.79 Å². The molecule has 1 aliphatic heterocycles. The molecule has 0 radical (unpaired) electrons. The Labute approximate surface area is 209 Å². The number of hydrogen-bond acceptors (Lipinski definition) is 3. The third-order valence-electron chi connectivity index (χ3n) is 8.63. The first-order chi connectivity index (χ1) is 16.6. The van der Waals surface area contributed by atoms with Gasteiger partial charge in [0.15, 0.2) is 0 Å². The summed E-state index contributed by atoms with van der Waals surface area (Å²) in [5, 5.41) is 3.62. The lowest BCUT2D eigenvalue weighted by atomic mass is 9.69. The number of carbonyl (C=O) groups excluding carboxylic acids is 1. The average Bonchev–Trinajstić information content (AvgIpc) is 3.26. The highest BCUT2D eigenvalue weighted by Gasteiger charge is 2.39. The molecule has 1 saturated heterocycles. The number of fused-ring (bicyclic) bond motifs is 1. The van der Waals surface area contributed by atoms with Gasteiger partial charge in [0.05, 0.1) is 5.41 Å². The molecular weight excluding hydrogens is 434 g/mol. The second-order valence-corrected chi connectivity index (χ2v) is 11.7. The molecule has 1 saturated carbocycles. The number of thiophene rings is 1. The predicted octanol–water partition coefficient (Wildman–Crippen LogP) is 7.97. The maximum Gasteiger partial charge on any atom is 0.146 e. The van der Waals surface area contributed by atoms with Crippen LogP contribution in [0.5, 0.6) is 0 Å². The van der Waals surface area contributed by atoms with Crippen molar-refractivity contribution >= 4 is 27.2 Å². The molecule has 2 aromatic carbocycles. The van der Waals surface area contributed by atoms with Crippen molar-refractivity contribution in [1.82, 2.24) is 4.90 Å². The summed E-state index contributed by atoms with van der Waals surface area (Å²) in [6, 6.07) is 19.7. The van der Waals surface area contributed by atoms with Crippen molar-refractivity contribution in [1.29, 1.82) is 0 Å². The van der Waals surface area contributed by atoms with Crippen molar-refractivity contribution in [2.75, 3.05) is 19.6 Å². The van der Waals surface area contributed by atoms with Crippen LogP contribution in [0.15, 0.2) is 60.0 Å². The molecule has 1 aromatic heterocycles. The van der Waals surface area contributed by atoms with E-state index in [1.54, 1.807) is 5.56 Å². The zero-order chi connectivity index (χ0) is 23.4. The molecule has 3 heteroatoms. The van der Waals surface area contributed by atoms with E-state index in [1.807, 2.05) is 11.3 Å². The molecule has 5 rings (SSSR count). The molecule has 3 aromatic rings. The van der Waals surface area contributed by atoms with E-state index in [9.17, 15) is 4.79 Å². The molecule has 2 unspecified atom stereocenters. The molecule has 2 nitrogen and oxygen atoms in total. The molecule has 2 atom stereocenters. The van der Waals surface area contributed by atoms with E-state index in [0.717, 1.165) is 38.9 Å². The van der Waals surface area contributed by atoms with Crippen molar-refractivity contribution in [2.24, 2.45) is 5.92 Å². The van der Waals surface area contributed by atoms with Crippen molar-refractivity contribution in [3.63, 3.8) is 0 Å². The quantitative estimate of drug-likeness (QED) is 0.347. The standard InChI is InChI=1S/C31H39NOS/c1-31(27-14-6-3-7-15-27,30(33)26-10-4-2-5-11-26)19-22-32-20-9-13-24(17-21-32)28-16-8-12-25-18-23-34-29(25)28/h3,6-8,12,14-16,18,23-24,26H,2,4-5,9-11,13,17,19-22H2,1H3. The van der Waals surface area contributed by atoms with Crippen molar-refractivity contribution in [3.8, 4) is 0 Å². The number of carbonyl (C=O) groups is 1. The molecule has 0 spiro atoms. The van der Waals surface area contributed by atoms with Crippen LogP contribution in [0.2, 0.25) is 0 Å². The topological polar surface area (TPSA) is 20.3 Å². The number of rotatable bonds is 7. The van der Waals surface area contributed by atoms with Gasteiger partial charge in [-0.2, -0.15) is 0 Å². The van der Waals surface area contributed by atoms with E-state index in [0.29, 0.717) is 11.7 Å². The fourth-order valence-corrected chi connectivity index (χ4v) is 7.43. The maximum atomic E-state index is 13.9. The Bertz CT molecular complexity index is 1080. The first-order valence-electron chi connectivity index (χ1n) is 13.4. The Balaban J connectivity index is 1.28. The summed E-state index contributed by atoms with van der Waals surface area (Å²) in [4.78, 5) is 16.5. The van der Waals surface area contributed by atoms with Gasteiger partial charge in [-0.15, -0.1) is 11.3 Å². The lowest BCUT2D eigenvalue weighted by molar-refractivity contribution is -0.129. The largest absolute Gasteiger partial charge is 0.303 e. The van der Waals surface area contributed by atoms with Crippen LogP contribution >= 0.6 is 11.3 Å². The summed E-state index contributed by atoms with van der Waals surface area (Å²) in [5.41, 5.74) is 2.39. The number of Topliss-reactive ketones (excluding diaryl/α,β-unsaturated/α-hetero) is 1. The molecule has 2 heterocycles. The van der Waals surface area contributed by atoms with Crippen LogP contribution in [0.4, 0.5) is 0 Å². The van der Waals surface area contributed by atoms with Gasteiger partial charge in [-0.25, -0.2) is 0 Å². The first-order valence-corrected chi connectivity index (χ1v) is 14.3. The second kappa shape index (κ2) is 10.7. The molecule has 0 N–H and O–H groups in total. The summed E-state index contributed by atoms with van der Waals surface area (Å²) >= 11 is 1.89. The van der Waals surface area contributed by atoms with Crippen LogP contribution < -0.4 is 0 Å². The van der Waals surface area contributed by atoms with E-state index in [4.69, 9.17) is 0 Å². The van der Waals surface area contributed by atoms with E-state index < -0.39 is 0 Å². The highest BCUT2D eigenvalue weighted by Crippen LogP contribution is 2.38. The van der Waals surface area contributed by atoms with Crippen LogP contribution in [0.25, 0.3) is 10.1 Å². The Morgan fingerprint density at radius 1 is 0.912 bits per heavy atom. The van der Waals surface area contributed by atoms with Crippen molar-refractivity contribution in [2.45, 2.75) is 76.0 Å². The molecule has 0 amide bonds. The normalized spacial score (nSPS) is 22.3. The Morgan fingerprint density at radius 3 is 2.56 bits per heavy atom. The summed E-state index contributed by atoms with van der Waals surface area (Å²) in [6.07, 6.45) is 10.5. The van der Waals surface area contributed by atoms with E-state index in [2.05, 4.69) is 71.8 Å². The van der Waals surface area contributed by atoms with Gasteiger partial charge in [0.25, 0.3) is 0 Å². The Kier molecular flexibility index (Phi) is 7.51. The smallest absolute Gasteiger partial charge is 0.146 e. The van der Waals surface area contributed by atoms with E-state index >= 15 is 0 Å². The van der Waals surface area contributed by atoms with Crippen LogP contribution in [-0.2, 0) is 10.2 Å². The minimum Gasteiger partial charge on any atom is -0.303 e. The zero-order valence-corrected chi connectivity index (χ0v) is 21.5. The fourth-order valence-electron chi connectivity index (χ4n) is 6.44. The van der Waals surface area contributed by atoms with Crippen LogP contribution in [0.1, 0.15) is 81.8 Å². The summed E-state index contributed by atoms with van der Waals surface area (Å²) < 4.78 is 1.48. The number of nitrogens with zero attached hydrogens (tertiary/aromatic N) is 1. The fraction of sp³-hybridized carbons (Fsp3) is 0.516. The van der Waals surface area contributed by atoms with Gasteiger partial charge in [0.1, 0.15) is 5.78 Å². The first kappa shape index (κ1) is 23.8. The third kappa shape index (κ3) is 5.02. The van der Waals surface area contributed by atoms with Crippen LogP contribution in [0.3, 0.4) is 0 Å². The number of hydrogen-bond donors (Lipinski definition) is 0. The van der Waals surface area contributed by atoms with Crippen LogP contribution in [-0.4, -0.2) is 30.3 Å². The molecule has 1 aliphatic carbocycles. The highest BCUT2D eigenvalue weighted by molar-refractivity contribution is 7.17. The molecule has 180 valence electrons. The lowest BCUT2D eigenvalue weighted by Crippen LogP contribution is -2.41. The Hall–Kier alpha value is -1.97. The molecule has 0 bridgehead atoms. The summed E-state index contributed by atoms with van der Waals surface area (Å²) in [5.74, 6) is 1.39. The predicted molar refractivity (Wildman–Crippen MR) is 145 cm³/mol. The van der Waals surface area contributed by atoms with E-state index in [-0.39, 0.29) is 11.3 Å². The van der Waals surface area contributed by atoms with Crippen molar-refractivity contribution in [3.05, 3.63) is 71.1 Å². The summed E-state index contributed by atoms with van der Waals surface area (Å²) in [7, 11) is 0. The molecule has 34 heavy (non-hydrogen) atoms. The Morgan fingerprint density at radius 2 is 1.74 bits per heavy atom. The number of benzene rings is 2. The lowest BCUT2D eigenvalue weighted by Gasteiger charge is -2.35. The monoisotopic (exact) mass is 473 g/mol.